The summed E-state index contributed by atoms with van der Waals surface area (Å²) in [6.07, 6.45) is 5.80. The Morgan fingerprint density at radius 2 is 1.85 bits per heavy atom. The van der Waals surface area contributed by atoms with E-state index in [1.165, 1.54) is 12.8 Å². The molecule has 0 aromatic carbocycles. The van der Waals surface area contributed by atoms with Gasteiger partial charge in [0.05, 0.1) is 6.61 Å². The predicted octanol–water partition coefficient (Wildman–Crippen LogP) is 2.49. The van der Waals surface area contributed by atoms with Crippen LogP contribution in [0, 0.1) is 6.92 Å². The van der Waals surface area contributed by atoms with Crippen molar-refractivity contribution >= 4 is 17.8 Å². The predicted molar refractivity (Wildman–Crippen MR) is 102 cm³/mol. The van der Waals surface area contributed by atoms with E-state index in [1.807, 2.05) is 6.92 Å². The van der Waals surface area contributed by atoms with Crippen LogP contribution in [0.1, 0.15) is 61.8 Å². The van der Waals surface area contributed by atoms with Gasteiger partial charge >= 0.3 is 6.09 Å². The van der Waals surface area contributed by atoms with Crippen LogP contribution in [0.4, 0.5) is 10.6 Å². The van der Waals surface area contributed by atoms with E-state index in [4.69, 9.17) is 4.74 Å². The molecule has 8 heteroatoms. The summed E-state index contributed by atoms with van der Waals surface area (Å²) >= 11 is 0. The molecule has 1 aliphatic heterocycles. The lowest BCUT2D eigenvalue weighted by Crippen LogP contribution is -2.42. The van der Waals surface area contributed by atoms with Crippen molar-refractivity contribution in [2.75, 3.05) is 25.0 Å². The number of aryl methyl sites for hydroxylation is 1. The number of hydrogen-bond acceptors (Lipinski definition) is 6. The number of carbonyl (C=O) groups excluding carboxylic acids is 2. The van der Waals surface area contributed by atoms with Gasteiger partial charge in [0.15, 0.2) is 0 Å². The van der Waals surface area contributed by atoms with Gasteiger partial charge in [-0.1, -0.05) is 12.8 Å². The monoisotopic (exact) mass is 375 g/mol. The van der Waals surface area contributed by atoms with Crippen LogP contribution in [-0.2, 0) is 4.74 Å². The highest BCUT2D eigenvalue weighted by atomic mass is 16.6. The number of aromatic nitrogens is 2. The van der Waals surface area contributed by atoms with Crippen molar-refractivity contribution in [3.8, 4) is 0 Å². The largest absolute Gasteiger partial charge is 0.450 e. The van der Waals surface area contributed by atoms with E-state index in [0.717, 1.165) is 25.7 Å². The summed E-state index contributed by atoms with van der Waals surface area (Å²) in [4.78, 5) is 34.7. The Bertz CT molecular complexity index is 667. The molecule has 148 valence electrons. The summed E-state index contributed by atoms with van der Waals surface area (Å²) in [6.45, 7) is 5.29. The lowest BCUT2D eigenvalue weighted by atomic mass is 10.1. The summed E-state index contributed by atoms with van der Waals surface area (Å²) in [5, 5.41) is 6.46. The molecule has 1 saturated heterocycles. The normalized spacial score (nSPS) is 18.4. The van der Waals surface area contributed by atoms with Crippen molar-refractivity contribution < 1.29 is 14.3 Å². The molecule has 2 amide bonds. The number of rotatable bonds is 5. The number of nitrogens with zero attached hydrogens (tertiary/aromatic N) is 3. The molecule has 1 aliphatic carbocycles. The molecule has 27 heavy (non-hydrogen) atoms. The number of nitrogens with one attached hydrogen (secondary N) is 2. The zero-order valence-electron chi connectivity index (χ0n) is 16.2. The Morgan fingerprint density at radius 1 is 1.15 bits per heavy atom. The van der Waals surface area contributed by atoms with Crippen LogP contribution in [0.5, 0.6) is 0 Å². The molecular weight excluding hydrogens is 346 g/mol. The first-order valence-corrected chi connectivity index (χ1v) is 9.90. The molecule has 0 atom stereocenters. The van der Waals surface area contributed by atoms with Crippen LogP contribution in [0.15, 0.2) is 6.07 Å². The van der Waals surface area contributed by atoms with Gasteiger partial charge in [0, 0.05) is 31.2 Å². The van der Waals surface area contributed by atoms with Crippen molar-refractivity contribution in [1.82, 2.24) is 20.2 Å². The SMILES string of the molecule is CCOC(=O)N1CCC(Nc2cc(C(=O)NC3CCCC3)nc(C)n2)CC1. The fourth-order valence-corrected chi connectivity index (χ4v) is 3.72. The molecule has 0 radical (unpaired) electrons. The highest BCUT2D eigenvalue weighted by Gasteiger charge is 2.24. The maximum Gasteiger partial charge on any atom is 0.409 e. The molecule has 2 aliphatic rings. The number of carbonyl (C=O) groups is 2. The highest BCUT2D eigenvalue weighted by Crippen LogP contribution is 2.19. The second-order valence-corrected chi connectivity index (χ2v) is 7.25. The van der Waals surface area contributed by atoms with Crippen LogP contribution < -0.4 is 10.6 Å². The minimum atomic E-state index is -0.250. The topological polar surface area (TPSA) is 96.5 Å². The van der Waals surface area contributed by atoms with Crippen LogP contribution in [0.25, 0.3) is 0 Å². The molecule has 8 nitrogen and oxygen atoms in total. The van der Waals surface area contributed by atoms with E-state index in [-0.39, 0.29) is 24.1 Å². The standard InChI is InChI=1S/C19H29N5O3/c1-3-27-19(26)24-10-8-15(9-11-24)22-17-12-16(20-13(2)21-17)18(25)23-14-6-4-5-7-14/h12,14-15H,3-11H2,1-2H3,(H,23,25)(H,20,21,22). The molecule has 3 rings (SSSR count). The summed E-state index contributed by atoms with van der Waals surface area (Å²) in [5.74, 6) is 1.10. The summed E-state index contributed by atoms with van der Waals surface area (Å²) < 4.78 is 5.05. The number of ether oxygens (including phenoxy) is 1. The molecule has 2 N–H and O–H groups in total. The van der Waals surface area contributed by atoms with Crippen LogP contribution >= 0.6 is 0 Å². The molecule has 0 bridgehead atoms. The number of piperidine rings is 1. The third-order valence-electron chi connectivity index (χ3n) is 5.13. The van der Waals surface area contributed by atoms with Gasteiger partial charge in [-0.15, -0.1) is 0 Å². The molecule has 0 spiro atoms. The van der Waals surface area contributed by atoms with Gasteiger partial charge in [-0.25, -0.2) is 14.8 Å². The molecule has 2 fully saturated rings. The minimum Gasteiger partial charge on any atom is -0.450 e. The van der Waals surface area contributed by atoms with Crippen molar-refractivity contribution in [2.45, 2.75) is 64.5 Å². The van der Waals surface area contributed by atoms with Crippen LogP contribution in [0.2, 0.25) is 0 Å². The summed E-state index contributed by atoms with van der Waals surface area (Å²) in [5.41, 5.74) is 0.404. The van der Waals surface area contributed by atoms with E-state index in [0.29, 0.717) is 37.0 Å². The zero-order chi connectivity index (χ0) is 19.2. The number of amides is 2. The van der Waals surface area contributed by atoms with Gasteiger partial charge in [0.25, 0.3) is 5.91 Å². The number of anilines is 1. The maximum absolute atomic E-state index is 12.5. The first-order chi connectivity index (χ1) is 13.0. The van der Waals surface area contributed by atoms with Gasteiger partial charge in [-0.3, -0.25) is 4.79 Å². The lowest BCUT2D eigenvalue weighted by Gasteiger charge is -2.31. The number of hydrogen-bond donors (Lipinski definition) is 2. The van der Waals surface area contributed by atoms with Crippen molar-refractivity contribution in [2.24, 2.45) is 0 Å². The van der Waals surface area contributed by atoms with Gasteiger partial charge in [0.1, 0.15) is 17.3 Å². The fourth-order valence-electron chi connectivity index (χ4n) is 3.72. The maximum atomic E-state index is 12.5. The molecular formula is C19H29N5O3. The van der Waals surface area contributed by atoms with Crippen molar-refractivity contribution in [1.29, 1.82) is 0 Å². The third-order valence-corrected chi connectivity index (χ3v) is 5.13. The van der Waals surface area contributed by atoms with Crippen molar-refractivity contribution in [3.63, 3.8) is 0 Å². The fraction of sp³-hybridized carbons (Fsp3) is 0.684. The Labute approximate surface area is 160 Å². The van der Waals surface area contributed by atoms with Gasteiger partial charge in [0.2, 0.25) is 0 Å². The third kappa shape index (κ3) is 5.30. The summed E-state index contributed by atoms with van der Waals surface area (Å²) in [6, 6.07) is 2.18. The van der Waals surface area contributed by atoms with E-state index >= 15 is 0 Å². The van der Waals surface area contributed by atoms with Gasteiger partial charge in [-0.05, 0) is 39.5 Å². The van der Waals surface area contributed by atoms with E-state index in [9.17, 15) is 9.59 Å². The Balaban J connectivity index is 1.56. The minimum absolute atomic E-state index is 0.132. The smallest absolute Gasteiger partial charge is 0.409 e. The highest BCUT2D eigenvalue weighted by molar-refractivity contribution is 5.93. The average molecular weight is 375 g/mol. The molecule has 1 saturated carbocycles. The molecule has 1 aromatic heterocycles. The molecule has 1 aromatic rings. The summed E-state index contributed by atoms with van der Waals surface area (Å²) in [7, 11) is 0. The second-order valence-electron chi connectivity index (χ2n) is 7.25. The van der Waals surface area contributed by atoms with E-state index in [1.54, 1.807) is 17.9 Å². The van der Waals surface area contributed by atoms with Gasteiger partial charge in [-0.2, -0.15) is 0 Å². The quantitative estimate of drug-likeness (QED) is 0.821. The second kappa shape index (κ2) is 9.01. The van der Waals surface area contributed by atoms with E-state index < -0.39 is 0 Å². The Morgan fingerprint density at radius 3 is 2.52 bits per heavy atom. The van der Waals surface area contributed by atoms with Crippen LogP contribution in [-0.4, -0.2) is 58.6 Å². The van der Waals surface area contributed by atoms with Crippen LogP contribution in [0.3, 0.4) is 0 Å². The zero-order valence-corrected chi connectivity index (χ0v) is 16.2. The first-order valence-electron chi connectivity index (χ1n) is 9.90. The van der Waals surface area contributed by atoms with Crippen molar-refractivity contribution in [3.05, 3.63) is 17.6 Å². The van der Waals surface area contributed by atoms with E-state index in [2.05, 4.69) is 20.6 Å². The first kappa shape index (κ1) is 19.4. The average Bonchev–Trinajstić information content (AvgIpc) is 3.15. The number of likely N-dealkylation sites (tertiary alicyclic amines) is 1. The van der Waals surface area contributed by atoms with Gasteiger partial charge < -0.3 is 20.3 Å². The molecule has 2 heterocycles. The Kier molecular flexibility index (Phi) is 6.47. The molecule has 0 unspecified atom stereocenters. The lowest BCUT2D eigenvalue weighted by molar-refractivity contribution is 0.0930. The Hall–Kier alpha value is -2.38.